The van der Waals surface area contributed by atoms with E-state index in [1.165, 1.54) is 0 Å². The van der Waals surface area contributed by atoms with E-state index in [1.54, 1.807) is 11.3 Å². The van der Waals surface area contributed by atoms with Gasteiger partial charge in [0.05, 0.1) is 27.2 Å². The van der Waals surface area contributed by atoms with Gasteiger partial charge in [0, 0.05) is 6.42 Å². The molecule has 3 aromatic rings. The number of nitrogens with zero attached hydrogens (tertiary/aromatic N) is 3. The predicted octanol–water partition coefficient (Wildman–Crippen LogP) is 3.56. The van der Waals surface area contributed by atoms with Crippen molar-refractivity contribution in [2.75, 3.05) is 0 Å². The fourth-order valence-electron chi connectivity index (χ4n) is 3.06. The fourth-order valence-corrected chi connectivity index (χ4v) is 4.00. The van der Waals surface area contributed by atoms with Gasteiger partial charge in [0.25, 0.3) is 0 Å². The smallest absolute Gasteiger partial charge is 0.211 e. The van der Waals surface area contributed by atoms with E-state index in [0.29, 0.717) is 12.3 Å². The number of para-hydroxylation sites is 1. The van der Waals surface area contributed by atoms with Gasteiger partial charge in [-0.1, -0.05) is 30.4 Å². The van der Waals surface area contributed by atoms with E-state index >= 15 is 0 Å². The van der Waals surface area contributed by atoms with Gasteiger partial charge in [-0.3, -0.25) is 4.79 Å². The van der Waals surface area contributed by atoms with Crippen LogP contribution in [0.5, 0.6) is 0 Å². The number of fused-ring (bicyclic) bond motifs is 2. The highest BCUT2D eigenvalue weighted by molar-refractivity contribution is 7.20. The molecule has 0 bridgehead atoms. The monoisotopic (exact) mass is 297 g/mol. The van der Waals surface area contributed by atoms with Gasteiger partial charge >= 0.3 is 0 Å². The lowest BCUT2D eigenvalue weighted by molar-refractivity contribution is 0.0952. The maximum Gasteiger partial charge on any atom is 0.211 e. The summed E-state index contributed by atoms with van der Waals surface area (Å²) in [6.07, 6.45) is 1.51. The second-order valence-electron chi connectivity index (χ2n) is 5.72. The summed E-state index contributed by atoms with van der Waals surface area (Å²) in [4.78, 5) is 16.9. The molecular weight excluding hydrogens is 282 g/mol. The summed E-state index contributed by atoms with van der Waals surface area (Å²) in [5, 5.41) is 5.44. The number of aryl methyl sites for hydroxylation is 1. The normalized spacial score (nSPS) is 18.2. The number of Topliss-reactive ketones (excluding diaryl/α,β-unsaturated/α-hetero) is 1. The molecule has 1 aromatic carbocycles. The van der Waals surface area contributed by atoms with Crippen molar-refractivity contribution in [3.8, 4) is 5.13 Å². The van der Waals surface area contributed by atoms with Crippen LogP contribution in [0.25, 0.3) is 15.3 Å². The highest BCUT2D eigenvalue weighted by atomic mass is 32.1. The van der Waals surface area contributed by atoms with Crippen LogP contribution in [-0.2, 0) is 6.42 Å². The molecule has 2 heterocycles. The minimum Gasteiger partial charge on any atom is -0.294 e. The summed E-state index contributed by atoms with van der Waals surface area (Å²) in [5.41, 5.74) is 3.64. The molecule has 4 rings (SSSR count). The molecule has 21 heavy (non-hydrogen) atoms. The van der Waals surface area contributed by atoms with Crippen LogP contribution < -0.4 is 0 Å². The lowest BCUT2D eigenvalue weighted by atomic mass is 9.87. The maximum atomic E-state index is 12.3. The number of ketones is 1. The first kappa shape index (κ1) is 12.7. The third kappa shape index (κ3) is 1.92. The lowest BCUT2D eigenvalue weighted by Gasteiger charge is -2.18. The molecule has 0 aliphatic heterocycles. The van der Waals surface area contributed by atoms with Crippen LogP contribution in [0.4, 0.5) is 0 Å². The van der Waals surface area contributed by atoms with E-state index in [0.717, 1.165) is 38.7 Å². The van der Waals surface area contributed by atoms with Crippen LogP contribution in [-0.4, -0.2) is 20.5 Å². The third-order valence-corrected chi connectivity index (χ3v) is 4.99. The molecule has 0 saturated carbocycles. The topological polar surface area (TPSA) is 47.8 Å². The average Bonchev–Trinajstić information content (AvgIpc) is 2.99. The first-order valence-corrected chi connectivity index (χ1v) is 7.93. The molecule has 4 nitrogen and oxygen atoms in total. The standard InChI is InChI=1S/C16H15N3OS/c1-9-7-12-15(13(20)8-9)10(2)18-19(12)16-17-11-5-3-4-6-14(11)21-16/h3-6,9H,7-8H2,1-2H3/t9-/m1/s1. The van der Waals surface area contributed by atoms with Gasteiger partial charge < -0.3 is 0 Å². The molecule has 1 atom stereocenters. The summed E-state index contributed by atoms with van der Waals surface area (Å²) < 4.78 is 3.02. The second-order valence-corrected chi connectivity index (χ2v) is 6.73. The van der Waals surface area contributed by atoms with Crippen molar-refractivity contribution in [3.05, 3.63) is 41.2 Å². The number of benzene rings is 1. The van der Waals surface area contributed by atoms with Gasteiger partial charge in [-0.2, -0.15) is 5.10 Å². The maximum absolute atomic E-state index is 12.3. The van der Waals surface area contributed by atoms with Crippen molar-refractivity contribution in [2.24, 2.45) is 5.92 Å². The Bertz CT molecular complexity index is 829. The Hall–Kier alpha value is -2.01. The molecular formula is C16H15N3OS. The number of rotatable bonds is 1. The van der Waals surface area contributed by atoms with E-state index in [1.807, 2.05) is 29.8 Å². The Balaban J connectivity index is 1.93. The van der Waals surface area contributed by atoms with E-state index in [4.69, 9.17) is 0 Å². The first-order valence-electron chi connectivity index (χ1n) is 7.11. The number of carbonyl (C=O) groups excluding carboxylic acids is 1. The van der Waals surface area contributed by atoms with Crippen molar-refractivity contribution in [1.82, 2.24) is 14.8 Å². The number of thiazole rings is 1. The highest BCUT2D eigenvalue weighted by Crippen LogP contribution is 2.32. The van der Waals surface area contributed by atoms with E-state index in [-0.39, 0.29) is 5.78 Å². The molecule has 0 N–H and O–H groups in total. The van der Waals surface area contributed by atoms with Crippen LogP contribution in [0, 0.1) is 12.8 Å². The first-order chi connectivity index (χ1) is 10.1. The molecule has 106 valence electrons. The van der Waals surface area contributed by atoms with E-state index in [2.05, 4.69) is 23.1 Å². The quantitative estimate of drug-likeness (QED) is 0.690. The summed E-state index contributed by atoms with van der Waals surface area (Å²) in [5.74, 6) is 0.586. The minimum atomic E-state index is 0.216. The molecule has 0 amide bonds. The number of aromatic nitrogens is 3. The van der Waals surface area contributed by atoms with E-state index in [9.17, 15) is 4.79 Å². The zero-order valence-corrected chi connectivity index (χ0v) is 12.8. The van der Waals surface area contributed by atoms with Crippen LogP contribution in [0.2, 0.25) is 0 Å². The molecule has 1 aliphatic rings. The molecule has 0 saturated heterocycles. The van der Waals surface area contributed by atoms with Gasteiger partial charge in [-0.25, -0.2) is 9.67 Å². The van der Waals surface area contributed by atoms with E-state index < -0.39 is 0 Å². The molecule has 5 heteroatoms. The average molecular weight is 297 g/mol. The summed E-state index contributed by atoms with van der Waals surface area (Å²) in [7, 11) is 0. The van der Waals surface area contributed by atoms with Crippen LogP contribution in [0.1, 0.15) is 35.1 Å². The Morgan fingerprint density at radius 2 is 2.10 bits per heavy atom. The molecule has 2 aromatic heterocycles. The number of hydrogen-bond acceptors (Lipinski definition) is 4. The zero-order valence-electron chi connectivity index (χ0n) is 12.0. The van der Waals surface area contributed by atoms with Crippen LogP contribution in [0.15, 0.2) is 24.3 Å². The van der Waals surface area contributed by atoms with Crippen molar-refractivity contribution in [1.29, 1.82) is 0 Å². The Labute approximate surface area is 126 Å². The van der Waals surface area contributed by atoms with Crippen molar-refractivity contribution in [2.45, 2.75) is 26.7 Å². The second kappa shape index (κ2) is 4.49. The van der Waals surface area contributed by atoms with Crippen LogP contribution >= 0.6 is 11.3 Å². The largest absolute Gasteiger partial charge is 0.294 e. The SMILES string of the molecule is Cc1nn(-c2nc3ccccc3s2)c2c1C(=O)C[C@H](C)C2. The summed E-state index contributed by atoms with van der Waals surface area (Å²) >= 11 is 1.62. The summed E-state index contributed by atoms with van der Waals surface area (Å²) in [6.45, 7) is 4.03. The minimum absolute atomic E-state index is 0.216. The van der Waals surface area contributed by atoms with Gasteiger partial charge in [-0.05, 0) is 31.4 Å². The van der Waals surface area contributed by atoms with Gasteiger partial charge in [0.15, 0.2) is 5.78 Å². The Morgan fingerprint density at radius 1 is 1.29 bits per heavy atom. The van der Waals surface area contributed by atoms with Gasteiger partial charge in [0.2, 0.25) is 5.13 Å². The Morgan fingerprint density at radius 3 is 2.90 bits per heavy atom. The molecule has 0 radical (unpaired) electrons. The lowest BCUT2D eigenvalue weighted by Crippen LogP contribution is -2.19. The number of hydrogen-bond donors (Lipinski definition) is 0. The summed E-state index contributed by atoms with van der Waals surface area (Å²) in [6, 6.07) is 8.07. The third-order valence-electron chi connectivity index (χ3n) is 3.97. The highest BCUT2D eigenvalue weighted by Gasteiger charge is 2.30. The van der Waals surface area contributed by atoms with Crippen molar-refractivity contribution >= 4 is 27.3 Å². The van der Waals surface area contributed by atoms with Crippen LogP contribution in [0.3, 0.4) is 0 Å². The zero-order chi connectivity index (χ0) is 14.6. The van der Waals surface area contributed by atoms with Crippen molar-refractivity contribution < 1.29 is 4.79 Å². The number of carbonyl (C=O) groups is 1. The fraction of sp³-hybridized carbons (Fsp3) is 0.312. The molecule has 0 unspecified atom stereocenters. The Kier molecular flexibility index (Phi) is 2.72. The molecule has 0 fully saturated rings. The van der Waals surface area contributed by atoms with Gasteiger partial charge in [-0.15, -0.1) is 0 Å². The van der Waals surface area contributed by atoms with Crippen molar-refractivity contribution in [3.63, 3.8) is 0 Å². The molecule has 0 spiro atoms. The predicted molar refractivity (Wildman–Crippen MR) is 83.3 cm³/mol. The van der Waals surface area contributed by atoms with Gasteiger partial charge in [0.1, 0.15) is 0 Å². The molecule has 1 aliphatic carbocycles.